The van der Waals surface area contributed by atoms with E-state index < -0.39 is 15.3 Å². The standard InChI is InChI=1S/C12H8N2.Eu.3NO3/c1-3-9-5-6-11-10(4-2-7-13-11)12(9)14-8-1;;3*2-1(3)4/h1-8H;;;;/q;+3;3*-1. The van der Waals surface area contributed by atoms with Crippen molar-refractivity contribution >= 4 is 21.8 Å². The Labute approximate surface area is 189 Å². The Morgan fingerprint density at radius 1 is 0.667 bits per heavy atom. The normalized spacial score (nSPS) is 8.30. The molecule has 0 unspecified atom stereocenters. The summed E-state index contributed by atoms with van der Waals surface area (Å²) in [5, 5.41) is 46.5. The SMILES string of the molecule is O=[N+]([O-])[O-].O=[N+]([O-])[O-].O=[N+]([O-])[O-].[Eu+3].c1cnc2c(c1)ccc1ncccc12. The van der Waals surface area contributed by atoms with Gasteiger partial charge in [-0.15, -0.1) is 0 Å². The summed E-state index contributed by atoms with van der Waals surface area (Å²) in [6, 6.07) is 12.1. The molecule has 1 aromatic carbocycles. The molecule has 0 aliphatic rings. The number of fused-ring (bicyclic) bond motifs is 3. The maximum atomic E-state index is 8.25. The van der Waals surface area contributed by atoms with Crippen LogP contribution in [0.1, 0.15) is 0 Å². The van der Waals surface area contributed by atoms with Crippen LogP contribution < -0.4 is 0 Å². The van der Waals surface area contributed by atoms with Crippen molar-refractivity contribution in [1.82, 2.24) is 9.97 Å². The van der Waals surface area contributed by atoms with Crippen molar-refractivity contribution in [2.45, 2.75) is 0 Å². The molecule has 0 N–H and O–H groups in total. The number of rotatable bonds is 0. The van der Waals surface area contributed by atoms with Gasteiger partial charge < -0.3 is 46.0 Å². The molecule has 2 aromatic heterocycles. The summed E-state index contributed by atoms with van der Waals surface area (Å²) in [4.78, 5) is 33.4. The molecule has 3 rings (SSSR count). The van der Waals surface area contributed by atoms with Crippen LogP contribution in [0.15, 0.2) is 48.8 Å². The van der Waals surface area contributed by atoms with E-state index in [-0.39, 0.29) is 49.4 Å². The van der Waals surface area contributed by atoms with Crippen molar-refractivity contribution in [2.75, 3.05) is 0 Å². The topological polar surface area (TPSA) is 224 Å². The maximum absolute atomic E-state index is 8.25. The molecule has 142 valence electrons. The minimum absolute atomic E-state index is 0. The number of hydrogen-bond acceptors (Lipinski definition) is 11. The van der Waals surface area contributed by atoms with Gasteiger partial charge in [-0.2, -0.15) is 0 Å². The zero-order valence-corrected chi connectivity index (χ0v) is 15.3. The average molecular weight is 518 g/mol. The second kappa shape index (κ2) is 14.4. The first-order chi connectivity index (χ1) is 12.1. The van der Waals surface area contributed by atoms with E-state index in [4.69, 9.17) is 46.0 Å². The van der Waals surface area contributed by atoms with Crippen LogP contribution in [0, 0.1) is 95.3 Å². The van der Waals surface area contributed by atoms with Gasteiger partial charge in [0.1, 0.15) is 0 Å². The number of nitrogens with zero attached hydrogens (tertiary/aromatic N) is 5. The predicted molar refractivity (Wildman–Crippen MR) is 88.1 cm³/mol. The van der Waals surface area contributed by atoms with Crippen molar-refractivity contribution in [1.29, 1.82) is 0 Å². The van der Waals surface area contributed by atoms with Crippen LogP contribution in [0.5, 0.6) is 0 Å². The first-order valence-electron chi connectivity index (χ1n) is 6.18. The van der Waals surface area contributed by atoms with Crippen LogP contribution in [-0.2, 0) is 0 Å². The van der Waals surface area contributed by atoms with Gasteiger partial charge in [0.05, 0.1) is 26.3 Å². The summed E-state index contributed by atoms with van der Waals surface area (Å²) in [5.41, 5.74) is 2.02. The van der Waals surface area contributed by atoms with Crippen molar-refractivity contribution < 1.29 is 64.6 Å². The average Bonchev–Trinajstić information content (AvgIpc) is 2.53. The molecule has 0 spiro atoms. The second-order valence-corrected chi connectivity index (χ2v) is 3.88. The fourth-order valence-corrected chi connectivity index (χ4v) is 1.70. The van der Waals surface area contributed by atoms with E-state index >= 15 is 0 Å². The van der Waals surface area contributed by atoms with Crippen molar-refractivity contribution in [2.24, 2.45) is 0 Å². The summed E-state index contributed by atoms with van der Waals surface area (Å²) in [5.74, 6) is 0. The van der Waals surface area contributed by atoms with Crippen LogP contribution >= 0.6 is 0 Å². The van der Waals surface area contributed by atoms with Crippen LogP contribution in [0.3, 0.4) is 0 Å². The molecule has 0 fully saturated rings. The van der Waals surface area contributed by atoms with Gasteiger partial charge in [0.15, 0.2) is 0 Å². The van der Waals surface area contributed by atoms with Gasteiger partial charge in [-0.05, 0) is 24.3 Å². The maximum Gasteiger partial charge on any atom is 3.00 e. The zero-order chi connectivity index (χ0) is 20.1. The Balaban J connectivity index is 0. The first-order valence-corrected chi connectivity index (χ1v) is 6.18. The molecule has 0 aliphatic heterocycles. The summed E-state index contributed by atoms with van der Waals surface area (Å²) < 4.78 is 0. The van der Waals surface area contributed by atoms with E-state index in [0.717, 1.165) is 21.8 Å². The molecule has 0 saturated heterocycles. The molecule has 27 heavy (non-hydrogen) atoms. The number of benzene rings is 1. The summed E-state index contributed by atoms with van der Waals surface area (Å²) in [6.07, 6.45) is 3.62. The first kappa shape index (κ1) is 26.5. The summed E-state index contributed by atoms with van der Waals surface area (Å²) in [6.45, 7) is 0. The molecular weight excluding hydrogens is 510 g/mol. The third-order valence-corrected chi connectivity index (χ3v) is 2.35. The van der Waals surface area contributed by atoms with E-state index in [9.17, 15) is 0 Å². The Hall–Kier alpha value is -2.78. The smallest absolute Gasteiger partial charge is 0.356 e. The van der Waals surface area contributed by atoms with E-state index in [1.165, 1.54) is 0 Å². The molecule has 0 atom stereocenters. The fraction of sp³-hybridized carbons (Fsp3) is 0. The largest absolute Gasteiger partial charge is 3.00 e. The fourth-order valence-electron chi connectivity index (χ4n) is 1.70. The predicted octanol–water partition coefficient (Wildman–Crippen LogP) is 2.07. The van der Waals surface area contributed by atoms with Crippen LogP contribution in [0.2, 0.25) is 0 Å². The number of pyridine rings is 2. The molecule has 15 heteroatoms. The molecule has 0 aliphatic carbocycles. The Morgan fingerprint density at radius 3 is 1.63 bits per heavy atom. The van der Waals surface area contributed by atoms with Crippen LogP contribution in [0.4, 0.5) is 0 Å². The van der Waals surface area contributed by atoms with E-state index in [1.54, 1.807) is 6.20 Å². The summed E-state index contributed by atoms with van der Waals surface area (Å²) in [7, 11) is 0. The third-order valence-electron chi connectivity index (χ3n) is 2.35. The van der Waals surface area contributed by atoms with Gasteiger partial charge in [0.25, 0.3) is 0 Å². The minimum atomic E-state index is -1.75. The molecule has 14 nitrogen and oxygen atoms in total. The van der Waals surface area contributed by atoms with Gasteiger partial charge in [0, 0.05) is 23.2 Å². The molecule has 0 radical (unpaired) electrons. The van der Waals surface area contributed by atoms with Crippen LogP contribution in [0.25, 0.3) is 21.8 Å². The van der Waals surface area contributed by atoms with E-state index in [1.807, 2.05) is 24.4 Å². The Morgan fingerprint density at radius 2 is 1.11 bits per heavy atom. The van der Waals surface area contributed by atoms with Crippen molar-refractivity contribution in [3.8, 4) is 0 Å². The molecule has 3 aromatic rings. The van der Waals surface area contributed by atoms with Gasteiger partial charge in [-0.1, -0.05) is 12.1 Å². The van der Waals surface area contributed by atoms with Gasteiger partial charge in [-0.25, -0.2) is 0 Å². The van der Waals surface area contributed by atoms with Crippen LogP contribution in [-0.4, -0.2) is 25.2 Å². The molecule has 0 bridgehead atoms. The number of aromatic nitrogens is 2. The second-order valence-electron chi connectivity index (χ2n) is 3.88. The van der Waals surface area contributed by atoms with E-state index in [2.05, 4.69) is 28.2 Å². The third kappa shape index (κ3) is 13.1. The van der Waals surface area contributed by atoms with Gasteiger partial charge in [0.2, 0.25) is 0 Å². The Kier molecular flexibility index (Phi) is 14.1. The monoisotopic (exact) mass is 519 g/mol. The quantitative estimate of drug-likeness (QED) is 0.238. The molecular formula is C12H8EuN5O9. The zero-order valence-electron chi connectivity index (χ0n) is 12.9. The minimum Gasteiger partial charge on any atom is -0.356 e. The van der Waals surface area contributed by atoms with Gasteiger partial charge in [-0.3, -0.25) is 9.97 Å². The molecule has 2 heterocycles. The van der Waals surface area contributed by atoms with Crippen molar-refractivity contribution in [3.05, 3.63) is 94.8 Å². The molecule has 0 saturated carbocycles. The van der Waals surface area contributed by atoms with E-state index in [0.29, 0.717) is 0 Å². The van der Waals surface area contributed by atoms with Crippen molar-refractivity contribution in [3.63, 3.8) is 0 Å². The number of hydrogen-bond donors (Lipinski definition) is 0. The van der Waals surface area contributed by atoms with Gasteiger partial charge >= 0.3 is 49.4 Å². The Bertz CT molecular complexity index is 800. The molecule has 0 amide bonds. The summed E-state index contributed by atoms with van der Waals surface area (Å²) >= 11 is 0.